The number of carbonyl (C=O) groups is 2. The number of aromatic nitrogens is 2. The molecule has 1 aromatic heterocycles. The number of aliphatic carboxylic acids is 1. The summed E-state index contributed by atoms with van der Waals surface area (Å²) in [6, 6.07) is 7.45. The van der Waals surface area contributed by atoms with E-state index in [9.17, 15) is 14.7 Å². The van der Waals surface area contributed by atoms with Crippen molar-refractivity contribution in [2.45, 2.75) is 39.2 Å². The van der Waals surface area contributed by atoms with Crippen LogP contribution in [0.3, 0.4) is 0 Å². The van der Waals surface area contributed by atoms with Crippen LogP contribution in [0.2, 0.25) is 0 Å². The van der Waals surface area contributed by atoms with Gasteiger partial charge in [-0.05, 0) is 43.7 Å². The molecule has 1 saturated heterocycles. The topological polar surface area (TPSA) is 87.5 Å². The molecule has 4 rings (SSSR count). The van der Waals surface area contributed by atoms with Gasteiger partial charge < -0.3 is 19.9 Å². The van der Waals surface area contributed by atoms with Crippen molar-refractivity contribution >= 4 is 17.7 Å². The molecule has 0 aliphatic carbocycles. The average molecular weight is 382 g/mol. The van der Waals surface area contributed by atoms with E-state index in [1.165, 1.54) is 12.1 Å². The van der Waals surface area contributed by atoms with Gasteiger partial charge in [0, 0.05) is 42.8 Å². The van der Waals surface area contributed by atoms with Crippen LogP contribution < -0.4 is 5.32 Å². The fourth-order valence-corrected chi connectivity index (χ4v) is 4.30. The molecular formula is C21H26N4O3. The second kappa shape index (κ2) is 7.66. The number of benzene rings is 1. The van der Waals surface area contributed by atoms with E-state index in [1.807, 2.05) is 37.4 Å². The molecule has 7 nitrogen and oxygen atoms in total. The van der Waals surface area contributed by atoms with Crippen LogP contribution in [0.4, 0.5) is 10.5 Å². The maximum absolute atomic E-state index is 12.7. The molecule has 2 aliphatic rings. The van der Waals surface area contributed by atoms with E-state index in [4.69, 9.17) is 0 Å². The summed E-state index contributed by atoms with van der Waals surface area (Å²) in [6.45, 7) is 3.78. The third-order valence-corrected chi connectivity index (χ3v) is 5.67. The van der Waals surface area contributed by atoms with E-state index in [1.54, 1.807) is 4.90 Å². The summed E-state index contributed by atoms with van der Waals surface area (Å²) in [4.78, 5) is 30.3. The van der Waals surface area contributed by atoms with E-state index in [0.717, 1.165) is 30.8 Å². The number of imidazole rings is 1. The number of carboxylic acid groups (broad SMARTS) is 1. The molecule has 0 saturated carbocycles. The van der Waals surface area contributed by atoms with Gasteiger partial charge in [0.2, 0.25) is 0 Å². The lowest BCUT2D eigenvalue weighted by Gasteiger charge is -2.34. The van der Waals surface area contributed by atoms with Crippen LogP contribution in [0.5, 0.6) is 0 Å². The van der Waals surface area contributed by atoms with Crippen LogP contribution in [0.1, 0.15) is 31.9 Å². The zero-order valence-corrected chi connectivity index (χ0v) is 16.1. The van der Waals surface area contributed by atoms with Gasteiger partial charge in [-0.2, -0.15) is 0 Å². The molecule has 148 valence electrons. The second-order valence-corrected chi connectivity index (χ2v) is 7.97. The number of anilines is 1. The zero-order valence-electron chi connectivity index (χ0n) is 16.1. The number of hydrogen-bond acceptors (Lipinski definition) is 3. The van der Waals surface area contributed by atoms with Crippen molar-refractivity contribution in [3.05, 3.63) is 36.2 Å². The minimum absolute atomic E-state index is 0.170. The fraction of sp³-hybridized carbons (Fsp3) is 0.476. The van der Waals surface area contributed by atoms with Crippen molar-refractivity contribution in [1.82, 2.24) is 14.5 Å². The van der Waals surface area contributed by atoms with Gasteiger partial charge in [0.1, 0.15) is 5.82 Å². The number of carboxylic acids is 1. The number of amides is 2. The average Bonchev–Trinajstić information content (AvgIpc) is 3.12. The normalized spacial score (nSPS) is 21.8. The highest BCUT2D eigenvalue weighted by atomic mass is 16.4. The lowest BCUT2D eigenvalue weighted by Crippen LogP contribution is -2.47. The smallest absolute Gasteiger partial charge is 0.321 e. The van der Waals surface area contributed by atoms with Gasteiger partial charge in [0.25, 0.3) is 0 Å². The highest BCUT2D eigenvalue weighted by molar-refractivity contribution is 5.90. The molecule has 0 spiro atoms. The lowest BCUT2D eigenvalue weighted by molar-refractivity contribution is -0.143. The maximum atomic E-state index is 12.7. The molecule has 7 heteroatoms. The van der Waals surface area contributed by atoms with Gasteiger partial charge in [-0.1, -0.05) is 19.1 Å². The van der Waals surface area contributed by atoms with Crippen LogP contribution in [0.15, 0.2) is 30.5 Å². The predicted octanol–water partition coefficient (Wildman–Crippen LogP) is 3.46. The van der Waals surface area contributed by atoms with Gasteiger partial charge in [0.15, 0.2) is 0 Å². The predicted molar refractivity (Wildman–Crippen MR) is 106 cm³/mol. The number of fused-ring (bicyclic) bond motifs is 1. The largest absolute Gasteiger partial charge is 0.481 e. The quantitative estimate of drug-likeness (QED) is 0.851. The Labute approximate surface area is 164 Å². The van der Waals surface area contributed by atoms with Gasteiger partial charge in [-0.15, -0.1) is 0 Å². The number of piperidine rings is 1. The molecule has 3 heterocycles. The summed E-state index contributed by atoms with van der Waals surface area (Å²) in [5.41, 5.74) is 2.93. The number of aryl methyl sites for hydroxylation is 1. The van der Waals surface area contributed by atoms with Crippen molar-refractivity contribution < 1.29 is 14.7 Å². The molecule has 2 aliphatic heterocycles. The number of urea groups is 1. The zero-order chi connectivity index (χ0) is 19.7. The first kappa shape index (κ1) is 18.5. The molecule has 2 amide bonds. The molecule has 2 unspecified atom stereocenters. The Hall–Kier alpha value is -2.83. The minimum atomic E-state index is -0.838. The van der Waals surface area contributed by atoms with E-state index in [0.29, 0.717) is 18.7 Å². The molecular weight excluding hydrogens is 356 g/mol. The summed E-state index contributed by atoms with van der Waals surface area (Å²) < 4.78 is 2.26. The molecule has 1 fully saturated rings. The third-order valence-electron chi connectivity index (χ3n) is 5.67. The van der Waals surface area contributed by atoms with E-state index >= 15 is 0 Å². The first-order chi connectivity index (χ1) is 13.5. The third kappa shape index (κ3) is 3.74. The summed E-state index contributed by atoms with van der Waals surface area (Å²) >= 11 is 0. The number of nitrogens with one attached hydrogen (secondary N) is 1. The van der Waals surface area contributed by atoms with E-state index in [2.05, 4.69) is 14.9 Å². The Morgan fingerprint density at radius 3 is 2.93 bits per heavy atom. The SMILES string of the molecule is CC1CC(C(=O)O)CN(C(=O)Nc2cccc(-c3ncc4n3CCCC4)c2)C1. The van der Waals surface area contributed by atoms with Gasteiger partial charge in [-0.25, -0.2) is 9.78 Å². The molecule has 2 atom stereocenters. The minimum Gasteiger partial charge on any atom is -0.481 e. The van der Waals surface area contributed by atoms with E-state index in [-0.39, 0.29) is 18.5 Å². The first-order valence-corrected chi connectivity index (χ1v) is 9.95. The van der Waals surface area contributed by atoms with Crippen LogP contribution in [0.25, 0.3) is 11.4 Å². The van der Waals surface area contributed by atoms with Crippen LogP contribution >= 0.6 is 0 Å². The molecule has 2 N–H and O–H groups in total. The Morgan fingerprint density at radius 1 is 1.25 bits per heavy atom. The lowest BCUT2D eigenvalue weighted by atomic mass is 9.91. The van der Waals surface area contributed by atoms with Crippen molar-refractivity contribution in [3.63, 3.8) is 0 Å². The number of likely N-dealkylation sites (tertiary alicyclic amines) is 1. The molecule has 0 bridgehead atoms. The monoisotopic (exact) mass is 382 g/mol. The van der Waals surface area contributed by atoms with Crippen molar-refractivity contribution in [2.24, 2.45) is 11.8 Å². The van der Waals surface area contributed by atoms with Crippen molar-refractivity contribution in [3.8, 4) is 11.4 Å². The second-order valence-electron chi connectivity index (χ2n) is 7.97. The molecule has 1 aromatic carbocycles. The number of nitrogens with zero attached hydrogens (tertiary/aromatic N) is 3. The number of carbonyl (C=O) groups excluding carboxylic acids is 1. The summed E-state index contributed by atoms with van der Waals surface area (Å²) in [5.74, 6) is -0.237. The number of hydrogen-bond donors (Lipinski definition) is 2. The summed E-state index contributed by atoms with van der Waals surface area (Å²) in [7, 11) is 0. The van der Waals surface area contributed by atoms with Crippen molar-refractivity contribution in [1.29, 1.82) is 0 Å². The Bertz CT molecular complexity index is 892. The number of rotatable bonds is 3. The summed E-state index contributed by atoms with van der Waals surface area (Å²) in [6.07, 6.45) is 5.97. The standard InChI is InChI=1S/C21H26N4O3/c1-14-9-16(20(26)27)13-24(12-14)21(28)23-17-6-4-5-15(10-17)19-22-11-18-7-2-3-8-25(18)19/h4-6,10-11,14,16H,2-3,7-9,12-13H2,1H3,(H,23,28)(H,26,27). The Kier molecular flexibility index (Phi) is 5.07. The summed E-state index contributed by atoms with van der Waals surface area (Å²) in [5, 5.41) is 12.2. The van der Waals surface area contributed by atoms with Crippen LogP contribution in [0, 0.1) is 11.8 Å². The molecule has 0 radical (unpaired) electrons. The van der Waals surface area contributed by atoms with Gasteiger partial charge in [-0.3, -0.25) is 4.79 Å². The fourth-order valence-electron chi connectivity index (χ4n) is 4.30. The van der Waals surface area contributed by atoms with Gasteiger partial charge >= 0.3 is 12.0 Å². The van der Waals surface area contributed by atoms with E-state index < -0.39 is 11.9 Å². The van der Waals surface area contributed by atoms with Crippen molar-refractivity contribution in [2.75, 3.05) is 18.4 Å². The molecule has 28 heavy (non-hydrogen) atoms. The first-order valence-electron chi connectivity index (χ1n) is 9.95. The highest BCUT2D eigenvalue weighted by Crippen LogP contribution is 2.27. The van der Waals surface area contributed by atoms with Crippen LogP contribution in [-0.2, 0) is 17.8 Å². The highest BCUT2D eigenvalue weighted by Gasteiger charge is 2.32. The van der Waals surface area contributed by atoms with Crippen LogP contribution in [-0.4, -0.2) is 44.6 Å². The Morgan fingerprint density at radius 2 is 2.11 bits per heavy atom. The molecule has 2 aromatic rings. The van der Waals surface area contributed by atoms with Gasteiger partial charge in [0.05, 0.1) is 5.92 Å². The maximum Gasteiger partial charge on any atom is 0.321 e. The Balaban J connectivity index is 1.50.